The van der Waals surface area contributed by atoms with Crippen LogP contribution in [0.25, 0.3) is 0 Å². The van der Waals surface area contributed by atoms with Gasteiger partial charge in [0, 0.05) is 13.6 Å². The summed E-state index contributed by atoms with van der Waals surface area (Å²) in [7, 11) is 2.95. The van der Waals surface area contributed by atoms with E-state index < -0.39 is 11.9 Å². The molecule has 0 bridgehead atoms. The van der Waals surface area contributed by atoms with Gasteiger partial charge < -0.3 is 15.0 Å². The molecule has 0 unspecified atom stereocenters. The highest BCUT2D eigenvalue weighted by molar-refractivity contribution is 6.06. The second-order valence-electron chi connectivity index (χ2n) is 4.93. The van der Waals surface area contributed by atoms with E-state index in [-0.39, 0.29) is 17.9 Å². The van der Waals surface area contributed by atoms with Gasteiger partial charge in [-0.15, -0.1) is 0 Å². The van der Waals surface area contributed by atoms with E-state index >= 15 is 0 Å². The van der Waals surface area contributed by atoms with Crippen LogP contribution in [0.3, 0.4) is 0 Å². The summed E-state index contributed by atoms with van der Waals surface area (Å²) in [6, 6.07) is 6.51. The Morgan fingerprint density at radius 1 is 1.23 bits per heavy atom. The molecule has 6 heteroatoms. The molecule has 1 aromatic rings. The van der Waals surface area contributed by atoms with Gasteiger partial charge in [-0.1, -0.05) is 25.5 Å². The second-order valence-corrected chi connectivity index (χ2v) is 4.93. The summed E-state index contributed by atoms with van der Waals surface area (Å²) in [5.41, 5.74) is 0.591. The lowest BCUT2D eigenvalue weighted by molar-refractivity contribution is -0.133. The Labute approximate surface area is 130 Å². The summed E-state index contributed by atoms with van der Waals surface area (Å²) in [6.07, 6.45) is 1.63. The summed E-state index contributed by atoms with van der Waals surface area (Å²) < 4.78 is 4.66. The van der Waals surface area contributed by atoms with Crippen molar-refractivity contribution in [2.24, 2.45) is 0 Å². The van der Waals surface area contributed by atoms with Crippen molar-refractivity contribution in [1.29, 1.82) is 0 Å². The number of unbranched alkanes of at least 4 members (excludes halogenated alkanes) is 1. The molecule has 0 heterocycles. The quantitative estimate of drug-likeness (QED) is 0.618. The lowest BCUT2D eigenvalue weighted by Gasteiger charge is -2.16. The van der Waals surface area contributed by atoms with Crippen molar-refractivity contribution in [2.45, 2.75) is 26.2 Å². The first kappa shape index (κ1) is 17.7. The van der Waals surface area contributed by atoms with Crippen LogP contribution in [0.2, 0.25) is 0 Å². The predicted molar refractivity (Wildman–Crippen MR) is 83.6 cm³/mol. The molecule has 1 aromatic carbocycles. The van der Waals surface area contributed by atoms with E-state index in [9.17, 15) is 14.4 Å². The number of rotatable bonds is 7. The third-order valence-electron chi connectivity index (χ3n) is 3.19. The summed E-state index contributed by atoms with van der Waals surface area (Å²) >= 11 is 0. The molecule has 22 heavy (non-hydrogen) atoms. The smallest absolute Gasteiger partial charge is 0.339 e. The zero-order valence-electron chi connectivity index (χ0n) is 13.2. The molecule has 2 amide bonds. The summed E-state index contributed by atoms with van der Waals surface area (Å²) in [5, 5.41) is 2.58. The minimum absolute atomic E-state index is 0.249. The van der Waals surface area contributed by atoms with Crippen LogP contribution in [-0.4, -0.2) is 43.4 Å². The number of anilines is 1. The number of carbonyl (C=O) groups excluding carboxylic acids is 3. The summed E-state index contributed by atoms with van der Waals surface area (Å²) in [5.74, 6) is -1.24. The molecule has 0 radical (unpaired) electrons. The zero-order chi connectivity index (χ0) is 16.5. The monoisotopic (exact) mass is 306 g/mol. The van der Waals surface area contributed by atoms with E-state index in [1.807, 2.05) is 6.92 Å². The summed E-state index contributed by atoms with van der Waals surface area (Å²) in [4.78, 5) is 37.0. The van der Waals surface area contributed by atoms with Crippen LogP contribution in [0.4, 0.5) is 5.69 Å². The fourth-order valence-corrected chi connectivity index (χ4v) is 1.87. The van der Waals surface area contributed by atoms with Crippen molar-refractivity contribution in [3.63, 3.8) is 0 Å². The predicted octanol–water partition coefficient (Wildman–Crippen LogP) is 2.06. The number of nitrogens with one attached hydrogen (secondary N) is 1. The third kappa shape index (κ3) is 5.20. The number of esters is 1. The van der Waals surface area contributed by atoms with E-state index in [2.05, 4.69) is 10.1 Å². The summed E-state index contributed by atoms with van der Waals surface area (Å²) in [6.45, 7) is 2.66. The number of methoxy groups -OCH3 is 1. The molecule has 0 aliphatic carbocycles. The molecule has 1 N–H and O–H groups in total. The molecule has 0 spiro atoms. The lowest BCUT2D eigenvalue weighted by Crippen LogP contribution is -2.31. The molecule has 0 saturated carbocycles. The molecule has 1 rings (SSSR count). The molecule has 0 aliphatic rings. The standard InChI is InChI=1S/C16H22N2O4/c1-4-5-10-18(2)15(20)11-14(19)17-13-9-7-6-8-12(13)16(21)22-3/h6-9H,4-5,10-11H2,1-3H3,(H,17,19). The van der Waals surface area contributed by atoms with Crippen LogP contribution in [0.5, 0.6) is 0 Å². The molecular weight excluding hydrogens is 284 g/mol. The zero-order valence-corrected chi connectivity index (χ0v) is 13.2. The minimum atomic E-state index is -0.540. The highest BCUT2D eigenvalue weighted by Crippen LogP contribution is 2.16. The first-order valence-electron chi connectivity index (χ1n) is 7.20. The molecule has 0 aliphatic heterocycles. The Hall–Kier alpha value is -2.37. The second kappa shape index (κ2) is 8.81. The van der Waals surface area contributed by atoms with Gasteiger partial charge >= 0.3 is 5.97 Å². The molecular formula is C16H22N2O4. The van der Waals surface area contributed by atoms with Gasteiger partial charge in [-0.2, -0.15) is 0 Å². The fourth-order valence-electron chi connectivity index (χ4n) is 1.87. The molecule has 0 atom stereocenters. The van der Waals surface area contributed by atoms with Gasteiger partial charge in [0.05, 0.1) is 18.4 Å². The van der Waals surface area contributed by atoms with Gasteiger partial charge in [-0.05, 0) is 18.6 Å². The van der Waals surface area contributed by atoms with Crippen molar-refractivity contribution in [3.05, 3.63) is 29.8 Å². The van der Waals surface area contributed by atoms with Gasteiger partial charge in [0.15, 0.2) is 0 Å². The minimum Gasteiger partial charge on any atom is -0.465 e. The van der Waals surface area contributed by atoms with Crippen molar-refractivity contribution in [1.82, 2.24) is 4.90 Å². The highest BCUT2D eigenvalue weighted by Gasteiger charge is 2.17. The maximum atomic E-state index is 12.0. The Morgan fingerprint density at radius 3 is 2.55 bits per heavy atom. The third-order valence-corrected chi connectivity index (χ3v) is 3.19. The number of ether oxygens (including phenoxy) is 1. The molecule has 0 fully saturated rings. The van der Waals surface area contributed by atoms with Crippen LogP contribution < -0.4 is 5.32 Å². The van der Waals surface area contributed by atoms with Gasteiger partial charge in [0.2, 0.25) is 11.8 Å². The number of hydrogen-bond donors (Lipinski definition) is 1. The molecule has 120 valence electrons. The van der Waals surface area contributed by atoms with Crippen LogP contribution in [0.15, 0.2) is 24.3 Å². The highest BCUT2D eigenvalue weighted by atomic mass is 16.5. The first-order chi connectivity index (χ1) is 10.5. The number of nitrogens with zero attached hydrogens (tertiary/aromatic N) is 1. The largest absolute Gasteiger partial charge is 0.465 e. The number of para-hydroxylation sites is 1. The first-order valence-corrected chi connectivity index (χ1v) is 7.20. The maximum Gasteiger partial charge on any atom is 0.339 e. The van der Waals surface area contributed by atoms with E-state index in [1.165, 1.54) is 12.0 Å². The van der Waals surface area contributed by atoms with Gasteiger partial charge in [-0.25, -0.2) is 4.79 Å². The molecule has 0 aromatic heterocycles. The number of benzene rings is 1. The fraction of sp³-hybridized carbons (Fsp3) is 0.438. The topological polar surface area (TPSA) is 75.7 Å². The molecule has 0 saturated heterocycles. The lowest BCUT2D eigenvalue weighted by atomic mass is 10.1. The van der Waals surface area contributed by atoms with E-state index in [0.717, 1.165) is 12.8 Å². The normalized spacial score (nSPS) is 9.95. The van der Waals surface area contributed by atoms with Crippen molar-refractivity contribution < 1.29 is 19.1 Å². The van der Waals surface area contributed by atoms with Crippen LogP contribution in [-0.2, 0) is 14.3 Å². The number of amides is 2. The number of hydrogen-bond acceptors (Lipinski definition) is 4. The van der Waals surface area contributed by atoms with Crippen LogP contribution in [0.1, 0.15) is 36.5 Å². The van der Waals surface area contributed by atoms with Crippen molar-refractivity contribution >= 4 is 23.5 Å². The Morgan fingerprint density at radius 2 is 1.91 bits per heavy atom. The van der Waals surface area contributed by atoms with E-state index in [4.69, 9.17) is 0 Å². The number of carbonyl (C=O) groups is 3. The van der Waals surface area contributed by atoms with Crippen molar-refractivity contribution in [2.75, 3.05) is 26.0 Å². The van der Waals surface area contributed by atoms with Gasteiger partial charge in [-0.3, -0.25) is 9.59 Å². The maximum absolute atomic E-state index is 12.0. The van der Waals surface area contributed by atoms with Crippen molar-refractivity contribution in [3.8, 4) is 0 Å². The van der Waals surface area contributed by atoms with E-state index in [1.54, 1.807) is 31.3 Å². The Kier molecular flexibility index (Phi) is 7.08. The molecule has 6 nitrogen and oxygen atoms in total. The Balaban J connectivity index is 2.66. The average Bonchev–Trinajstić information content (AvgIpc) is 2.52. The van der Waals surface area contributed by atoms with Crippen LogP contribution in [0, 0.1) is 0 Å². The average molecular weight is 306 g/mol. The Bertz CT molecular complexity index is 543. The van der Waals surface area contributed by atoms with Crippen LogP contribution >= 0.6 is 0 Å². The van der Waals surface area contributed by atoms with Gasteiger partial charge in [0.1, 0.15) is 6.42 Å². The van der Waals surface area contributed by atoms with E-state index in [0.29, 0.717) is 12.2 Å². The van der Waals surface area contributed by atoms with Gasteiger partial charge in [0.25, 0.3) is 0 Å². The SMILES string of the molecule is CCCCN(C)C(=O)CC(=O)Nc1ccccc1C(=O)OC.